The molecule has 0 spiro atoms. The van der Waals surface area contributed by atoms with Gasteiger partial charge in [0.05, 0.1) is 12.6 Å². The molecule has 1 heterocycles. The molecule has 164 valence electrons. The molecule has 0 aromatic heterocycles. The molecule has 0 saturated carbocycles. The summed E-state index contributed by atoms with van der Waals surface area (Å²) in [5.74, 6) is 0.833. The first kappa shape index (κ1) is 25.5. The number of hydrogen-bond acceptors (Lipinski definition) is 4. The second-order valence-corrected chi connectivity index (χ2v) is 7.88. The molecular formula is C21H35IN4O3. The van der Waals surface area contributed by atoms with E-state index in [1.165, 1.54) is 11.1 Å². The van der Waals surface area contributed by atoms with E-state index in [4.69, 9.17) is 9.47 Å². The fourth-order valence-corrected chi connectivity index (χ4v) is 3.13. The van der Waals surface area contributed by atoms with Gasteiger partial charge in [0.2, 0.25) is 0 Å². The Balaban J connectivity index is 0.00000420. The summed E-state index contributed by atoms with van der Waals surface area (Å²) >= 11 is 0. The maximum absolute atomic E-state index is 12.0. The van der Waals surface area contributed by atoms with Crippen LogP contribution < -0.4 is 10.6 Å². The van der Waals surface area contributed by atoms with Crippen molar-refractivity contribution >= 4 is 36.0 Å². The number of nitrogens with one attached hydrogen (secondary N) is 2. The largest absolute Gasteiger partial charge is 0.444 e. The molecule has 1 unspecified atom stereocenters. The number of alkyl carbamates (subject to hydrolysis) is 1. The van der Waals surface area contributed by atoms with E-state index >= 15 is 0 Å². The van der Waals surface area contributed by atoms with Gasteiger partial charge in [-0.1, -0.05) is 24.3 Å². The molecule has 1 amide bonds. The van der Waals surface area contributed by atoms with Gasteiger partial charge in [0.15, 0.2) is 5.96 Å². The number of halogens is 1. The van der Waals surface area contributed by atoms with Crippen LogP contribution in [0.2, 0.25) is 0 Å². The summed E-state index contributed by atoms with van der Waals surface area (Å²) < 4.78 is 10.9. The lowest BCUT2D eigenvalue weighted by Gasteiger charge is -2.23. The van der Waals surface area contributed by atoms with Gasteiger partial charge in [-0.25, -0.2) is 4.79 Å². The fourth-order valence-electron chi connectivity index (χ4n) is 3.13. The zero-order chi connectivity index (χ0) is 20.6. The number of rotatable bonds is 6. The smallest absolute Gasteiger partial charge is 0.407 e. The predicted molar refractivity (Wildman–Crippen MR) is 127 cm³/mol. The summed E-state index contributed by atoms with van der Waals surface area (Å²) in [6, 6.07) is 8.31. The summed E-state index contributed by atoms with van der Waals surface area (Å²) in [6.45, 7) is 11.1. The maximum Gasteiger partial charge on any atom is 0.407 e. The third-order valence-corrected chi connectivity index (χ3v) is 4.44. The molecular weight excluding hydrogens is 483 g/mol. The SMILES string of the molecule is CCOCc1ccccc1CNC(=NC)N1CCC(NC(=O)OC(C)(C)C)C1.I. The van der Waals surface area contributed by atoms with Crippen LogP contribution in [0.4, 0.5) is 4.79 Å². The van der Waals surface area contributed by atoms with Crippen LogP contribution in [0, 0.1) is 0 Å². The number of ether oxygens (including phenoxy) is 2. The monoisotopic (exact) mass is 518 g/mol. The van der Waals surface area contributed by atoms with Crippen molar-refractivity contribution in [2.75, 3.05) is 26.7 Å². The highest BCUT2D eigenvalue weighted by molar-refractivity contribution is 14.0. The van der Waals surface area contributed by atoms with Gasteiger partial charge >= 0.3 is 6.09 Å². The van der Waals surface area contributed by atoms with Gasteiger partial charge in [-0.3, -0.25) is 4.99 Å². The van der Waals surface area contributed by atoms with E-state index in [-0.39, 0.29) is 36.1 Å². The van der Waals surface area contributed by atoms with Crippen molar-refractivity contribution in [3.05, 3.63) is 35.4 Å². The number of aliphatic imine (C=N–C) groups is 1. The van der Waals surface area contributed by atoms with Gasteiger partial charge in [-0.15, -0.1) is 24.0 Å². The predicted octanol–water partition coefficient (Wildman–Crippen LogP) is 3.52. The summed E-state index contributed by atoms with van der Waals surface area (Å²) in [5.41, 5.74) is 1.88. The second-order valence-electron chi connectivity index (χ2n) is 7.88. The quantitative estimate of drug-likeness (QED) is 0.343. The number of carbonyl (C=O) groups excluding carboxylic acids is 1. The molecule has 1 aromatic rings. The molecule has 0 radical (unpaired) electrons. The van der Waals surface area contributed by atoms with Gasteiger partial charge in [-0.2, -0.15) is 0 Å². The highest BCUT2D eigenvalue weighted by Crippen LogP contribution is 2.13. The van der Waals surface area contributed by atoms with Crippen LogP contribution in [0.5, 0.6) is 0 Å². The molecule has 2 rings (SSSR count). The molecule has 2 N–H and O–H groups in total. The Morgan fingerprint density at radius 3 is 2.59 bits per heavy atom. The third-order valence-electron chi connectivity index (χ3n) is 4.44. The van der Waals surface area contributed by atoms with Crippen LogP contribution in [0.1, 0.15) is 45.2 Å². The Labute approximate surface area is 191 Å². The van der Waals surface area contributed by atoms with Gasteiger partial charge in [0.25, 0.3) is 0 Å². The lowest BCUT2D eigenvalue weighted by Crippen LogP contribution is -2.44. The Kier molecular flexibility index (Phi) is 10.7. The summed E-state index contributed by atoms with van der Waals surface area (Å²) in [5, 5.41) is 6.38. The standard InChI is InChI=1S/C21H34N4O3.HI/c1-6-27-15-17-10-8-7-9-16(17)13-23-19(22-5)25-12-11-18(14-25)24-20(26)28-21(2,3)4;/h7-10,18H,6,11-15H2,1-5H3,(H,22,23)(H,24,26);1H. The number of likely N-dealkylation sites (tertiary alicyclic amines) is 1. The molecule has 1 atom stereocenters. The van der Waals surface area contributed by atoms with Crippen molar-refractivity contribution in [3.8, 4) is 0 Å². The second kappa shape index (κ2) is 12.2. The molecule has 1 aliphatic rings. The van der Waals surface area contributed by atoms with Crippen molar-refractivity contribution in [3.63, 3.8) is 0 Å². The Bertz CT molecular complexity index is 676. The van der Waals surface area contributed by atoms with Crippen LogP contribution in [-0.4, -0.2) is 55.3 Å². The van der Waals surface area contributed by atoms with Crippen molar-refractivity contribution in [1.29, 1.82) is 0 Å². The first-order valence-corrected chi connectivity index (χ1v) is 9.92. The zero-order valence-corrected chi connectivity index (χ0v) is 20.5. The highest BCUT2D eigenvalue weighted by Gasteiger charge is 2.27. The molecule has 0 aliphatic carbocycles. The van der Waals surface area contributed by atoms with E-state index in [1.807, 2.05) is 39.8 Å². The minimum absolute atomic E-state index is 0. The molecule has 29 heavy (non-hydrogen) atoms. The zero-order valence-electron chi connectivity index (χ0n) is 18.2. The number of guanidine groups is 1. The van der Waals surface area contributed by atoms with E-state index in [1.54, 1.807) is 7.05 Å². The topological polar surface area (TPSA) is 75.2 Å². The van der Waals surface area contributed by atoms with Crippen LogP contribution in [-0.2, 0) is 22.6 Å². The number of benzene rings is 1. The number of hydrogen-bond donors (Lipinski definition) is 2. The van der Waals surface area contributed by atoms with Gasteiger partial charge in [-0.05, 0) is 45.2 Å². The maximum atomic E-state index is 12.0. The minimum Gasteiger partial charge on any atom is -0.444 e. The molecule has 1 saturated heterocycles. The molecule has 0 bridgehead atoms. The van der Waals surface area contributed by atoms with Crippen molar-refractivity contribution in [2.45, 2.75) is 58.9 Å². The van der Waals surface area contributed by atoms with E-state index in [2.05, 4.69) is 32.7 Å². The van der Waals surface area contributed by atoms with Gasteiger partial charge in [0, 0.05) is 33.3 Å². The Morgan fingerprint density at radius 2 is 1.97 bits per heavy atom. The van der Waals surface area contributed by atoms with E-state index in [0.29, 0.717) is 26.3 Å². The van der Waals surface area contributed by atoms with E-state index < -0.39 is 5.60 Å². The highest BCUT2D eigenvalue weighted by atomic mass is 127. The van der Waals surface area contributed by atoms with Crippen molar-refractivity contribution in [1.82, 2.24) is 15.5 Å². The molecule has 1 aromatic carbocycles. The van der Waals surface area contributed by atoms with Crippen LogP contribution >= 0.6 is 24.0 Å². The summed E-state index contributed by atoms with van der Waals surface area (Å²) in [4.78, 5) is 18.6. The fraction of sp³-hybridized carbons (Fsp3) is 0.619. The number of nitrogens with zero attached hydrogens (tertiary/aromatic N) is 2. The van der Waals surface area contributed by atoms with Crippen molar-refractivity contribution < 1.29 is 14.3 Å². The normalized spacial score (nSPS) is 16.9. The average Bonchev–Trinajstić information content (AvgIpc) is 3.07. The Morgan fingerprint density at radius 1 is 1.28 bits per heavy atom. The third kappa shape index (κ3) is 8.77. The van der Waals surface area contributed by atoms with Crippen LogP contribution in [0.25, 0.3) is 0 Å². The van der Waals surface area contributed by atoms with E-state index in [0.717, 1.165) is 18.9 Å². The molecule has 8 heteroatoms. The van der Waals surface area contributed by atoms with Gasteiger partial charge < -0.3 is 25.0 Å². The molecule has 1 aliphatic heterocycles. The van der Waals surface area contributed by atoms with E-state index in [9.17, 15) is 4.79 Å². The van der Waals surface area contributed by atoms with Crippen LogP contribution in [0.15, 0.2) is 29.3 Å². The Hall–Kier alpha value is -1.55. The number of amides is 1. The van der Waals surface area contributed by atoms with Crippen LogP contribution in [0.3, 0.4) is 0 Å². The summed E-state index contributed by atoms with van der Waals surface area (Å²) in [7, 11) is 1.78. The average molecular weight is 518 g/mol. The first-order chi connectivity index (χ1) is 13.3. The van der Waals surface area contributed by atoms with Gasteiger partial charge in [0.1, 0.15) is 5.60 Å². The lowest BCUT2D eigenvalue weighted by molar-refractivity contribution is 0.0507. The number of carbonyl (C=O) groups is 1. The minimum atomic E-state index is -0.491. The first-order valence-electron chi connectivity index (χ1n) is 9.92. The summed E-state index contributed by atoms with van der Waals surface area (Å²) in [6.07, 6.45) is 0.494. The molecule has 7 nitrogen and oxygen atoms in total. The lowest BCUT2D eigenvalue weighted by atomic mass is 10.1. The van der Waals surface area contributed by atoms with Crippen molar-refractivity contribution in [2.24, 2.45) is 4.99 Å². The molecule has 1 fully saturated rings.